The van der Waals surface area contributed by atoms with Crippen LogP contribution in [0.3, 0.4) is 0 Å². The van der Waals surface area contributed by atoms with Crippen molar-refractivity contribution in [3.05, 3.63) is 6.58 Å². The average molecular weight is 409 g/mol. The third-order valence-electron chi connectivity index (χ3n) is 4.24. The molecule has 29 heavy (non-hydrogen) atoms. The first-order chi connectivity index (χ1) is 14.2. The summed E-state index contributed by atoms with van der Waals surface area (Å²) in [6, 6.07) is -0.409. The summed E-state index contributed by atoms with van der Waals surface area (Å²) in [7, 11) is 0. The molecule has 8 heteroatoms. The Balaban J connectivity index is 4.25. The first-order valence-corrected chi connectivity index (χ1v) is 10.6. The highest BCUT2D eigenvalue weighted by Crippen LogP contribution is 2.06. The molecule has 0 aliphatic heterocycles. The van der Waals surface area contributed by atoms with Gasteiger partial charge in [-0.15, -0.1) is 0 Å². The molecule has 0 spiro atoms. The third kappa shape index (κ3) is 16.2. The summed E-state index contributed by atoms with van der Waals surface area (Å²) < 4.78 is 5.20. The van der Waals surface area contributed by atoms with E-state index in [0.29, 0.717) is 32.7 Å². The standard InChI is InChI=1S/C21H36N4O4/c1-3-5-18-29-21(28)25(17-13-9-8-11-15-23-19-26)20(27)24-16-12-7-6-10-14-22-4-2/h2-3,5-18H2,1H3,(H,24,27). The van der Waals surface area contributed by atoms with Crippen molar-refractivity contribution >= 4 is 24.1 Å². The van der Waals surface area contributed by atoms with Gasteiger partial charge in [0.15, 0.2) is 0 Å². The van der Waals surface area contributed by atoms with Crippen LogP contribution >= 0.6 is 0 Å². The second kappa shape index (κ2) is 20.3. The molecule has 8 nitrogen and oxygen atoms in total. The zero-order chi connectivity index (χ0) is 21.6. The third-order valence-corrected chi connectivity index (χ3v) is 4.24. The largest absolute Gasteiger partial charge is 0.449 e. The average Bonchev–Trinajstić information content (AvgIpc) is 2.72. The summed E-state index contributed by atoms with van der Waals surface area (Å²) >= 11 is 0. The zero-order valence-corrected chi connectivity index (χ0v) is 17.8. The SMILES string of the molecule is C=C=NCCCCCCNC(=O)N(CCCCCCN=C=O)C(=O)OCCCC. The van der Waals surface area contributed by atoms with Crippen LogP contribution in [0.25, 0.3) is 0 Å². The number of unbranched alkanes of at least 4 members (excludes halogenated alkanes) is 7. The van der Waals surface area contributed by atoms with Gasteiger partial charge in [0.2, 0.25) is 6.08 Å². The van der Waals surface area contributed by atoms with Gasteiger partial charge in [0.05, 0.1) is 13.2 Å². The molecule has 0 unspecified atom stereocenters. The first kappa shape index (κ1) is 26.6. The highest BCUT2D eigenvalue weighted by Gasteiger charge is 2.22. The molecule has 0 fully saturated rings. The molecule has 0 saturated heterocycles. The van der Waals surface area contributed by atoms with Crippen LogP contribution in [0.5, 0.6) is 0 Å². The predicted molar refractivity (Wildman–Crippen MR) is 114 cm³/mol. The van der Waals surface area contributed by atoms with E-state index in [1.54, 1.807) is 0 Å². The second-order valence-corrected chi connectivity index (χ2v) is 6.69. The molecule has 0 aromatic heterocycles. The monoisotopic (exact) mass is 408 g/mol. The highest BCUT2D eigenvalue weighted by atomic mass is 16.6. The van der Waals surface area contributed by atoms with Crippen molar-refractivity contribution in [2.24, 2.45) is 9.98 Å². The fraction of sp³-hybridized carbons (Fsp3) is 0.762. The van der Waals surface area contributed by atoms with Crippen LogP contribution in [-0.2, 0) is 9.53 Å². The van der Waals surface area contributed by atoms with Gasteiger partial charge in [-0.25, -0.2) is 29.3 Å². The van der Waals surface area contributed by atoms with Crippen molar-refractivity contribution in [2.45, 2.75) is 71.1 Å². The van der Waals surface area contributed by atoms with E-state index in [-0.39, 0.29) is 0 Å². The van der Waals surface area contributed by atoms with E-state index in [1.807, 2.05) is 6.92 Å². The van der Waals surface area contributed by atoms with Gasteiger partial charge >= 0.3 is 12.1 Å². The van der Waals surface area contributed by atoms with Crippen molar-refractivity contribution in [3.8, 4) is 0 Å². The van der Waals surface area contributed by atoms with Gasteiger partial charge in [-0.05, 0) is 44.6 Å². The lowest BCUT2D eigenvalue weighted by Crippen LogP contribution is -2.45. The maximum absolute atomic E-state index is 12.4. The van der Waals surface area contributed by atoms with Crippen molar-refractivity contribution in [1.82, 2.24) is 10.2 Å². The maximum atomic E-state index is 12.4. The summed E-state index contributed by atoms with van der Waals surface area (Å²) in [5.41, 5.74) is 0. The number of rotatable bonds is 17. The topological polar surface area (TPSA) is 100 Å². The molecule has 0 bridgehead atoms. The lowest BCUT2D eigenvalue weighted by Gasteiger charge is -2.21. The molecule has 0 saturated carbocycles. The van der Waals surface area contributed by atoms with E-state index < -0.39 is 12.1 Å². The summed E-state index contributed by atoms with van der Waals surface area (Å²) in [6.45, 7) is 7.78. The minimum atomic E-state index is -0.594. The van der Waals surface area contributed by atoms with Gasteiger partial charge in [0, 0.05) is 19.6 Å². The minimum absolute atomic E-state index is 0.313. The van der Waals surface area contributed by atoms with Crippen LogP contribution in [0.15, 0.2) is 16.6 Å². The Labute approximate surface area is 174 Å². The van der Waals surface area contributed by atoms with Gasteiger partial charge in [-0.1, -0.05) is 39.0 Å². The molecule has 0 rings (SSSR count). The Morgan fingerprint density at radius 1 is 0.966 bits per heavy atom. The Kier molecular flexibility index (Phi) is 18.6. The normalized spacial score (nSPS) is 9.83. The van der Waals surface area contributed by atoms with Crippen LogP contribution in [0.4, 0.5) is 9.59 Å². The highest BCUT2D eigenvalue weighted by molar-refractivity contribution is 5.90. The molecular weight excluding hydrogens is 372 g/mol. The molecule has 0 heterocycles. The molecule has 0 aliphatic carbocycles. The number of aliphatic imine (C=N–C) groups is 2. The Morgan fingerprint density at radius 3 is 2.28 bits per heavy atom. The van der Waals surface area contributed by atoms with Crippen LogP contribution < -0.4 is 5.32 Å². The van der Waals surface area contributed by atoms with Gasteiger partial charge in [0.1, 0.15) is 0 Å². The second-order valence-electron chi connectivity index (χ2n) is 6.69. The fourth-order valence-corrected chi connectivity index (χ4v) is 2.56. The number of amides is 3. The lowest BCUT2D eigenvalue weighted by molar-refractivity contribution is 0.108. The molecule has 1 N–H and O–H groups in total. The minimum Gasteiger partial charge on any atom is -0.449 e. The molecule has 0 aromatic rings. The number of carbonyl (C=O) groups is 2. The van der Waals surface area contributed by atoms with E-state index in [2.05, 4.69) is 27.8 Å². The predicted octanol–water partition coefficient (Wildman–Crippen LogP) is 4.25. The number of hydrogen-bond donors (Lipinski definition) is 1. The molecular formula is C21H36N4O4. The first-order valence-electron chi connectivity index (χ1n) is 10.6. The smallest absolute Gasteiger partial charge is 0.417 e. The summed E-state index contributed by atoms with van der Waals surface area (Å²) in [5, 5.41) is 2.81. The quantitative estimate of drug-likeness (QED) is 0.221. The number of nitrogens with one attached hydrogen (secondary N) is 1. The van der Waals surface area contributed by atoms with Crippen LogP contribution in [0.2, 0.25) is 0 Å². The van der Waals surface area contributed by atoms with Gasteiger partial charge in [-0.2, -0.15) is 0 Å². The van der Waals surface area contributed by atoms with E-state index in [0.717, 1.165) is 69.2 Å². The maximum Gasteiger partial charge on any atom is 0.417 e. The van der Waals surface area contributed by atoms with Crippen LogP contribution in [0.1, 0.15) is 71.1 Å². The fourth-order valence-electron chi connectivity index (χ4n) is 2.56. The lowest BCUT2D eigenvalue weighted by atomic mass is 10.2. The number of ether oxygens (including phenoxy) is 1. The van der Waals surface area contributed by atoms with Gasteiger partial charge < -0.3 is 10.1 Å². The van der Waals surface area contributed by atoms with Crippen molar-refractivity contribution in [1.29, 1.82) is 0 Å². The number of imide groups is 1. The summed E-state index contributed by atoms with van der Waals surface area (Å²) in [4.78, 5) is 43.3. The van der Waals surface area contributed by atoms with E-state index >= 15 is 0 Å². The Bertz CT molecular complexity index is 541. The number of carbonyl (C=O) groups excluding carboxylic acids is 3. The molecule has 0 atom stereocenters. The van der Waals surface area contributed by atoms with E-state index in [4.69, 9.17) is 4.74 Å². The van der Waals surface area contributed by atoms with Crippen molar-refractivity contribution < 1.29 is 19.1 Å². The Hall–Kier alpha value is -2.43. The van der Waals surface area contributed by atoms with Gasteiger partial charge in [-0.3, -0.25) is 0 Å². The van der Waals surface area contributed by atoms with Crippen LogP contribution in [-0.4, -0.2) is 61.8 Å². The molecule has 164 valence electrons. The molecule has 0 radical (unpaired) electrons. The van der Waals surface area contributed by atoms with Gasteiger partial charge in [0.25, 0.3) is 0 Å². The van der Waals surface area contributed by atoms with Crippen molar-refractivity contribution in [2.75, 3.05) is 32.8 Å². The zero-order valence-electron chi connectivity index (χ0n) is 17.8. The number of urea groups is 1. The molecule has 0 aliphatic rings. The summed E-state index contributed by atoms with van der Waals surface area (Å²) in [5.74, 6) is 2.51. The van der Waals surface area contributed by atoms with Crippen LogP contribution in [0, 0.1) is 0 Å². The van der Waals surface area contributed by atoms with E-state index in [9.17, 15) is 14.4 Å². The van der Waals surface area contributed by atoms with E-state index in [1.165, 1.54) is 6.08 Å². The molecule has 3 amide bonds. The molecule has 0 aromatic carbocycles. The van der Waals surface area contributed by atoms with Crippen molar-refractivity contribution in [3.63, 3.8) is 0 Å². The Morgan fingerprint density at radius 2 is 1.62 bits per heavy atom. The number of nitrogens with zero attached hydrogens (tertiary/aromatic N) is 3. The number of isocyanates is 1. The number of hydrogen-bond acceptors (Lipinski definition) is 6. The summed E-state index contributed by atoms with van der Waals surface area (Å²) in [6.07, 6.45) is 9.64.